The molecule has 2 aliphatic rings. The lowest BCUT2D eigenvalue weighted by Crippen LogP contribution is -2.43. The summed E-state index contributed by atoms with van der Waals surface area (Å²) in [5.74, 6) is 1.45. The Labute approximate surface area is 170 Å². The van der Waals surface area contributed by atoms with Gasteiger partial charge in [-0.05, 0) is 50.8 Å². The van der Waals surface area contributed by atoms with Crippen LogP contribution in [0.5, 0.6) is 0 Å². The number of nitrogens with one attached hydrogen (secondary N) is 1. The highest BCUT2D eigenvalue weighted by atomic mass is 32.1. The molecule has 1 N–H and O–H groups in total. The second kappa shape index (κ2) is 8.96. The van der Waals surface area contributed by atoms with Crippen molar-refractivity contribution in [3.8, 4) is 0 Å². The fourth-order valence-electron chi connectivity index (χ4n) is 4.00. The van der Waals surface area contributed by atoms with Crippen LogP contribution in [-0.2, 0) is 11.2 Å². The molecule has 7 nitrogen and oxygen atoms in total. The van der Waals surface area contributed by atoms with Gasteiger partial charge in [0.15, 0.2) is 0 Å². The largest absolute Gasteiger partial charge is 0.342 e. The molecule has 2 saturated heterocycles. The molecule has 0 radical (unpaired) electrons. The summed E-state index contributed by atoms with van der Waals surface area (Å²) >= 11 is 1.56. The van der Waals surface area contributed by atoms with Crippen molar-refractivity contribution in [2.24, 2.45) is 0 Å². The number of aryl methyl sites for hydroxylation is 1. The van der Waals surface area contributed by atoms with E-state index in [0.29, 0.717) is 12.5 Å². The van der Waals surface area contributed by atoms with Crippen LogP contribution in [-0.4, -0.2) is 63.6 Å². The molecule has 1 atom stereocenters. The van der Waals surface area contributed by atoms with Crippen LogP contribution < -0.4 is 5.32 Å². The quantitative estimate of drug-likeness (QED) is 0.803. The molecule has 0 saturated carbocycles. The Hall–Kier alpha value is -2.06. The van der Waals surface area contributed by atoms with Crippen molar-refractivity contribution in [2.45, 2.75) is 44.9 Å². The van der Waals surface area contributed by atoms with Crippen LogP contribution in [0.1, 0.15) is 49.2 Å². The van der Waals surface area contributed by atoms with Gasteiger partial charge in [-0.2, -0.15) is 0 Å². The van der Waals surface area contributed by atoms with Crippen molar-refractivity contribution < 1.29 is 4.79 Å². The summed E-state index contributed by atoms with van der Waals surface area (Å²) in [5.41, 5.74) is 1.09. The number of pyridine rings is 1. The molecule has 2 aliphatic heterocycles. The van der Waals surface area contributed by atoms with Crippen molar-refractivity contribution in [1.29, 1.82) is 0 Å². The van der Waals surface area contributed by atoms with Gasteiger partial charge in [0.1, 0.15) is 10.8 Å². The first-order valence-electron chi connectivity index (χ1n) is 10.3. The normalized spacial score (nSPS) is 20.5. The van der Waals surface area contributed by atoms with Gasteiger partial charge in [-0.25, -0.2) is 4.98 Å². The smallest absolute Gasteiger partial charge is 0.236 e. The minimum Gasteiger partial charge on any atom is -0.342 e. The Morgan fingerprint density at radius 1 is 1.21 bits per heavy atom. The lowest BCUT2D eigenvalue weighted by Gasteiger charge is -2.33. The second-order valence-corrected chi connectivity index (χ2v) is 8.65. The molecule has 0 aliphatic carbocycles. The van der Waals surface area contributed by atoms with E-state index in [4.69, 9.17) is 4.98 Å². The number of likely N-dealkylation sites (tertiary alicyclic amines) is 2. The van der Waals surface area contributed by atoms with Gasteiger partial charge < -0.3 is 10.2 Å². The highest BCUT2D eigenvalue weighted by Crippen LogP contribution is 2.27. The Bertz CT molecular complexity index is 803. The Kier molecular flexibility index (Phi) is 6.17. The summed E-state index contributed by atoms with van der Waals surface area (Å²) in [4.78, 5) is 21.6. The number of hydrogen-bond acceptors (Lipinski definition) is 7. The summed E-state index contributed by atoms with van der Waals surface area (Å²) in [7, 11) is 0. The van der Waals surface area contributed by atoms with Crippen molar-refractivity contribution in [3.63, 3.8) is 0 Å². The molecule has 2 aromatic heterocycles. The van der Waals surface area contributed by atoms with Gasteiger partial charge in [-0.1, -0.05) is 24.3 Å². The van der Waals surface area contributed by atoms with E-state index in [1.807, 2.05) is 17.0 Å². The molecule has 0 aromatic carbocycles. The summed E-state index contributed by atoms with van der Waals surface area (Å²) in [5, 5.41) is 13.4. The van der Waals surface area contributed by atoms with Crippen LogP contribution in [0, 0.1) is 0 Å². The number of anilines is 2. The van der Waals surface area contributed by atoms with Gasteiger partial charge in [-0.3, -0.25) is 9.69 Å². The summed E-state index contributed by atoms with van der Waals surface area (Å²) in [6.45, 7) is 6.37. The molecule has 28 heavy (non-hydrogen) atoms. The predicted octanol–water partition coefficient (Wildman–Crippen LogP) is 3.04. The number of carbonyl (C=O) groups excluding carboxylic acids is 1. The molecule has 8 heteroatoms. The van der Waals surface area contributed by atoms with Crippen molar-refractivity contribution in [2.75, 3.05) is 38.0 Å². The zero-order chi connectivity index (χ0) is 19.3. The maximum atomic E-state index is 12.5. The van der Waals surface area contributed by atoms with Gasteiger partial charge in [0.2, 0.25) is 11.0 Å². The van der Waals surface area contributed by atoms with E-state index in [1.165, 1.54) is 0 Å². The van der Waals surface area contributed by atoms with Gasteiger partial charge in [0, 0.05) is 31.2 Å². The third-order valence-electron chi connectivity index (χ3n) is 5.52. The van der Waals surface area contributed by atoms with E-state index >= 15 is 0 Å². The zero-order valence-corrected chi connectivity index (χ0v) is 17.2. The molecular weight excluding hydrogens is 372 g/mol. The Morgan fingerprint density at radius 3 is 2.86 bits per heavy atom. The average molecular weight is 401 g/mol. The standard InChI is InChI=1S/C20H28N6OS/c1-2-18-23-24-20(28-18)22-17-9-5-8-16(21-17)15-7-6-10-25(13-15)14-19(27)26-11-3-4-12-26/h5,8-9,15H,2-4,6-7,10-14H2,1H3,(H,21,22,24)/t15-/m1/s1. The number of rotatable bonds is 6. The first-order chi connectivity index (χ1) is 13.7. The zero-order valence-electron chi connectivity index (χ0n) is 16.4. The molecule has 2 fully saturated rings. The molecule has 4 heterocycles. The van der Waals surface area contributed by atoms with Crippen molar-refractivity contribution in [3.05, 3.63) is 28.9 Å². The van der Waals surface area contributed by atoms with Crippen LogP contribution >= 0.6 is 11.3 Å². The summed E-state index contributed by atoms with van der Waals surface area (Å²) in [6.07, 6.45) is 5.40. The van der Waals surface area contributed by atoms with E-state index in [9.17, 15) is 4.79 Å². The SMILES string of the molecule is CCc1nnc(Nc2cccc([C@@H]3CCCN(CC(=O)N4CCCC4)C3)n2)s1. The number of amides is 1. The average Bonchev–Trinajstić information content (AvgIpc) is 3.40. The fourth-order valence-corrected chi connectivity index (χ4v) is 4.69. The maximum Gasteiger partial charge on any atom is 0.236 e. The van der Waals surface area contributed by atoms with E-state index in [0.717, 1.165) is 79.9 Å². The third kappa shape index (κ3) is 4.67. The minimum atomic E-state index is 0.282. The van der Waals surface area contributed by atoms with Crippen LogP contribution in [0.4, 0.5) is 10.9 Å². The molecule has 0 bridgehead atoms. The Morgan fingerprint density at radius 2 is 2.07 bits per heavy atom. The van der Waals surface area contributed by atoms with Crippen molar-refractivity contribution >= 4 is 28.2 Å². The molecule has 1 amide bonds. The number of hydrogen-bond donors (Lipinski definition) is 1. The molecule has 2 aromatic rings. The Balaban J connectivity index is 1.38. The topological polar surface area (TPSA) is 74.2 Å². The minimum absolute atomic E-state index is 0.282. The van der Waals surface area contributed by atoms with Crippen LogP contribution in [0.15, 0.2) is 18.2 Å². The van der Waals surface area contributed by atoms with Crippen LogP contribution in [0.3, 0.4) is 0 Å². The number of aromatic nitrogens is 3. The second-order valence-electron chi connectivity index (χ2n) is 7.59. The van der Waals surface area contributed by atoms with Gasteiger partial charge in [0.05, 0.1) is 6.54 Å². The van der Waals surface area contributed by atoms with Crippen LogP contribution in [0.2, 0.25) is 0 Å². The molecular formula is C20H28N6OS. The maximum absolute atomic E-state index is 12.5. The third-order valence-corrected chi connectivity index (χ3v) is 6.50. The van der Waals surface area contributed by atoms with Crippen molar-refractivity contribution in [1.82, 2.24) is 25.0 Å². The van der Waals surface area contributed by atoms with E-state index in [2.05, 4.69) is 33.4 Å². The van der Waals surface area contributed by atoms with Crippen LogP contribution in [0.25, 0.3) is 0 Å². The molecule has 0 spiro atoms. The first-order valence-corrected chi connectivity index (χ1v) is 11.1. The monoisotopic (exact) mass is 400 g/mol. The highest BCUT2D eigenvalue weighted by Gasteiger charge is 2.26. The van der Waals surface area contributed by atoms with Gasteiger partial charge in [0.25, 0.3) is 0 Å². The highest BCUT2D eigenvalue weighted by molar-refractivity contribution is 7.15. The van der Waals surface area contributed by atoms with E-state index in [1.54, 1.807) is 11.3 Å². The van der Waals surface area contributed by atoms with Gasteiger partial charge >= 0.3 is 0 Å². The molecule has 4 rings (SSSR count). The summed E-state index contributed by atoms with van der Waals surface area (Å²) < 4.78 is 0. The number of nitrogens with zero attached hydrogens (tertiary/aromatic N) is 5. The molecule has 0 unspecified atom stereocenters. The lowest BCUT2D eigenvalue weighted by molar-refractivity contribution is -0.131. The summed E-state index contributed by atoms with van der Waals surface area (Å²) in [6, 6.07) is 6.11. The number of piperidine rings is 1. The molecule has 150 valence electrons. The van der Waals surface area contributed by atoms with Gasteiger partial charge in [-0.15, -0.1) is 10.2 Å². The fraction of sp³-hybridized carbons (Fsp3) is 0.600. The predicted molar refractivity (Wildman–Crippen MR) is 111 cm³/mol. The lowest BCUT2D eigenvalue weighted by atomic mass is 9.94. The number of carbonyl (C=O) groups is 1. The van der Waals surface area contributed by atoms with E-state index < -0.39 is 0 Å². The van der Waals surface area contributed by atoms with E-state index in [-0.39, 0.29) is 5.91 Å². The first kappa shape index (κ1) is 19.3.